The van der Waals surface area contributed by atoms with Crippen molar-refractivity contribution in [2.24, 2.45) is 5.92 Å². The topological polar surface area (TPSA) is 45.0 Å². The van der Waals surface area contributed by atoms with Gasteiger partial charge in [-0.2, -0.15) is 5.26 Å². The molecule has 0 radical (unpaired) electrons. The quantitative estimate of drug-likeness (QED) is 0.769. The van der Waals surface area contributed by atoms with Crippen molar-refractivity contribution < 1.29 is 4.74 Å². The molecule has 1 saturated heterocycles. The number of fused-ring (bicyclic) bond motifs is 1. The summed E-state index contributed by atoms with van der Waals surface area (Å²) in [5, 5.41) is 12.4. The number of benzene rings is 1. The molecular weight excluding hydrogens is 200 g/mol. The van der Waals surface area contributed by atoms with Crippen LogP contribution in [0.5, 0.6) is 5.75 Å². The average molecular weight is 214 g/mol. The maximum atomic E-state index is 9.08. The number of ether oxygens (including phenoxy) is 1. The molecule has 1 fully saturated rings. The highest BCUT2D eigenvalue weighted by atomic mass is 16.5. The van der Waals surface area contributed by atoms with Gasteiger partial charge in [0.1, 0.15) is 5.75 Å². The molecule has 0 amide bonds. The number of nitrogens with one attached hydrogen (secondary N) is 1. The zero-order chi connectivity index (χ0) is 11.0. The Morgan fingerprint density at radius 1 is 1.38 bits per heavy atom. The summed E-state index contributed by atoms with van der Waals surface area (Å²) in [5.41, 5.74) is 2.57. The lowest BCUT2D eigenvalue weighted by atomic mass is 9.89. The Morgan fingerprint density at radius 3 is 3.19 bits per heavy atom. The molecule has 1 aromatic rings. The fourth-order valence-corrected chi connectivity index (χ4v) is 2.60. The van der Waals surface area contributed by atoms with Gasteiger partial charge in [0.05, 0.1) is 18.6 Å². The molecule has 1 aromatic carbocycles. The molecule has 0 aromatic heterocycles. The molecule has 2 aliphatic heterocycles. The summed E-state index contributed by atoms with van der Waals surface area (Å²) in [6.45, 7) is 2.52. The maximum Gasteiger partial charge on any atom is 0.122 e. The molecule has 3 rings (SSSR count). The van der Waals surface area contributed by atoms with E-state index in [-0.39, 0.29) is 5.92 Å². The highest BCUT2D eigenvalue weighted by Crippen LogP contribution is 2.33. The average Bonchev–Trinajstić information content (AvgIpc) is 2.96. The fourth-order valence-electron chi connectivity index (χ4n) is 2.60. The maximum absolute atomic E-state index is 9.08. The minimum Gasteiger partial charge on any atom is -0.493 e. The van der Waals surface area contributed by atoms with Crippen LogP contribution < -0.4 is 10.1 Å². The third kappa shape index (κ3) is 1.46. The molecule has 2 heterocycles. The lowest BCUT2D eigenvalue weighted by Gasteiger charge is -2.13. The third-order valence-corrected chi connectivity index (χ3v) is 3.52. The van der Waals surface area contributed by atoms with E-state index in [4.69, 9.17) is 10.00 Å². The van der Waals surface area contributed by atoms with Crippen LogP contribution in [0.15, 0.2) is 18.2 Å². The van der Waals surface area contributed by atoms with Crippen LogP contribution in [0.4, 0.5) is 0 Å². The first-order chi connectivity index (χ1) is 7.88. The molecule has 2 unspecified atom stereocenters. The van der Waals surface area contributed by atoms with E-state index in [1.165, 1.54) is 11.1 Å². The summed E-state index contributed by atoms with van der Waals surface area (Å²) in [6, 6.07) is 8.75. The number of nitrogens with zero attached hydrogens (tertiary/aromatic N) is 1. The molecule has 2 aliphatic rings. The van der Waals surface area contributed by atoms with Crippen LogP contribution in [0.2, 0.25) is 0 Å². The second-order valence-corrected chi connectivity index (χ2v) is 4.47. The van der Waals surface area contributed by atoms with E-state index in [9.17, 15) is 0 Å². The van der Waals surface area contributed by atoms with E-state index in [2.05, 4.69) is 23.5 Å². The Hall–Kier alpha value is -1.53. The van der Waals surface area contributed by atoms with Crippen LogP contribution in [0.25, 0.3) is 0 Å². The summed E-state index contributed by atoms with van der Waals surface area (Å²) in [5.74, 6) is 1.47. The Labute approximate surface area is 95.0 Å². The number of rotatable bonds is 1. The van der Waals surface area contributed by atoms with Crippen LogP contribution in [-0.2, 0) is 6.42 Å². The molecule has 0 aliphatic carbocycles. The van der Waals surface area contributed by atoms with Gasteiger partial charge in [-0.3, -0.25) is 0 Å². The van der Waals surface area contributed by atoms with Gasteiger partial charge in [-0.05, 0) is 17.2 Å². The zero-order valence-corrected chi connectivity index (χ0v) is 9.07. The van der Waals surface area contributed by atoms with Gasteiger partial charge >= 0.3 is 0 Å². The second-order valence-electron chi connectivity index (χ2n) is 4.47. The highest BCUT2D eigenvalue weighted by Gasteiger charge is 2.29. The summed E-state index contributed by atoms with van der Waals surface area (Å²) in [7, 11) is 0. The van der Waals surface area contributed by atoms with Crippen molar-refractivity contribution in [3.8, 4) is 11.8 Å². The number of nitriles is 1. The molecule has 2 atom stereocenters. The van der Waals surface area contributed by atoms with E-state index >= 15 is 0 Å². The van der Waals surface area contributed by atoms with Gasteiger partial charge in [0, 0.05) is 25.4 Å². The van der Waals surface area contributed by atoms with Crippen LogP contribution >= 0.6 is 0 Å². The minimum atomic E-state index is 0.111. The Balaban J connectivity index is 1.92. The van der Waals surface area contributed by atoms with Crippen molar-refractivity contribution in [2.45, 2.75) is 12.3 Å². The molecule has 3 nitrogen and oxygen atoms in total. The predicted octanol–water partition coefficient (Wildman–Crippen LogP) is 1.45. The van der Waals surface area contributed by atoms with Gasteiger partial charge < -0.3 is 10.1 Å². The van der Waals surface area contributed by atoms with Gasteiger partial charge in [-0.1, -0.05) is 12.1 Å². The van der Waals surface area contributed by atoms with Gasteiger partial charge in [0.25, 0.3) is 0 Å². The van der Waals surface area contributed by atoms with Crippen molar-refractivity contribution >= 4 is 0 Å². The Bertz CT molecular complexity index is 450. The monoisotopic (exact) mass is 214 g/mol. The third-order valence-electron chi connectivity index (χ3n) is 3.52. The Morgan fingerprint density at radius 2 is 2.31 bits per heavy atom. The standard InChI is InChI=1S/C13H14N2O/c14-6-11-7-15-8-12(11)9-1-2-13-10(5-9)3-4-16-13/h1-2,5,11-12,15H,3-4,7-8H2. The largest absolute Gasteiger partial charge is 0.493 e. The lowest BCUT2D eigenvalue weighted by molar-refractivity contribution is 0.357. The van der Waals surface area contributed by atoms with E-state index in [0.717, 1.165) is 31.9 Å². The first-order valence-corrected chi connectivity index (χ1v) is 5.74. The Kier molecular flexibility index (Phi) is 2.30. The summed E-state index contributed by atoms with van der Waals surface area (Å²) in [4.78, 5) is 0. The van der Waals surface area contributed by atoms with Crippen LogP contribution in [0.3, 0.4) is 0 Å². The van der Waals surface area contributed by atoms with E-state index < -0.39 is 0 Å². The SMILES string of the molecule is N#CC1CNCC1c1ccc2c(c1)CCO2. The zero-order valence-electron chi connectivity index (χ0n) is 9.07. The van der Waals surface area contributed by atoms with Crippen LogP contribution in [0, 0.1) is 17.2 Å². The van der Waals surface area contributed by atoms with Gasteiger partial charge in [-0.25, -0.2) is 0 Å². The van der Waals surface area contributed by atoms with Gasteiger partial charge in [0.2, 0.25) is 0 Å². The van der Waals surface area contributed by atoms with E-state index in [1.54, 1.807) is 0 Å². The molecule has 3 heteroatoms. The van der Waals surface area contributed by atoms with Gasteiger partial charge in [-0.15, -0.1) is 0 Å². The van der Waals surface area contributed by atoms with Crippen LogP contribution in [-0.4, -0.2) is 19.7 Å². The van der Waals surface area contributed by atoms with Gasteiger partial charge in [0.15, 0.2) is 0 Å². The first-order valence-electron chi connectivity index (χ1n) is 5.74. The minimum absolute atomic E-state index is 0.111. The predicted molar refractivity (Wildman–Crippen MR) is 60.4 cm³/mol. The summed E-state index contributed by atoms with van der Waals surface area (Å²) in [6.07, 6.45) is 1.00. The molecule has 0 saturated carbocycles. The van der Waals surface area contributed by atoms with E-state index in [0.29, 0.717) is 5.92 Å². The normalized spacial score (nSPS) is 27.2. The first kappa shape index (κ1) is 9.68. The summed E-state index contributed by atoms with van der Waals surface area (Å²) < 4.78 is 5.49. The smallest absolute Gasteiger partial charge is 0.122 e. The van der Waals surface area contributed by atoms with Crippen molar-refractivity contribution in [3.63, 3.8) is 0 Å². The molecular formula is C13H14N2O. The number of hydrogen-bond acceptors (Lipinski definition) is 3. The highest BCUT2D eigenvalue weighted by molar-refractivity contribution is 5.41. The second kappa shape index (κ2) is 3.80. The molecule has 16 heavy (non-hydrogen) atoms. The summed E-state index contributed by atoms with van der Waals surface area (Å²) >= 11 is 0. The lowest BCUT2D eigenvalue weighted by Crippen LogP contribution is -2.08. The van der Waals surface area contributed by atoms with Crippen molar-refractivity contribution in [1.82, 2.24) is 5.32 Å². The van der Waals surface area contributed by atoms with E-state index in [1.807, 2.05) is 6.07 Å². The molecule has 0 spiro atoms. The molecule has 82 valence electrons. The molecule has 1 N–H and O–H groups in total. The van der Waals surface area contributed by atoms with Crippen molar-refractivity contribution in [3.05, 3.63) is 29.3 Å². The van der Waals surface area contributed by atoms with Crippen LogP contribution in [0.1, 0.15) is 17.0 Å². The molecule has 0 bridgehead atoms. The van der Waals surface area contributed by atoms with Crippen molar-refractivity contribution in [1.29, 1.82) is 5.26 Å². The number of hydrogen-bond donors (Lipinski definition) is 1. The van der Waals surface area contributed by atoms with Crippen molar-refractivity contribution in [2.75, 3.05) is 19.7 Å². The fraction of sp³-hybridized carbons (Fsp3) is 0.462.